The fourth-order valence-corrected chi connectivity index (χ4v) is 3.88. The van der Waals surface area contributed by atoms with Crippen molar-refractivity contribution in [3.63, 3.8) is 0 Å². The molecule has 1 unspecified atom stereocenters. The first-order chi connectivity index (χ1) is 8.49. The van der Waals surface area contributed by atoms with Crippen LogP contribution in [0.15, 0.2) is 32.5 Å². The summed E-state index contributed by atoms with van der Waals surface area (Å²) < 4.78 is 15.3. The summed E-state index contributed by atoms with van der Waals surface area (Å²) in [7, 11) is 0. The van der Waals surface area contributed by atoms with Crippen LogP contribution in [-0.4, -0.2) is 0 Å². The Bertz CT molecular complexity index is 554. The molecule has 0 fully saturated rings. The highest BCUT2D eigenvalue weighted by atomic mass is 79.9. The molecule has 96 valence electrons. The van der Waals surface area contributed by atoms with Gasteiger partial charge in [0.25, 0.3) is 0 Å². The van der Waals surface area contributed by atoms with E-state index in [1.165, 1.54) is 6.07 Å². The number of halogens is 4. The highest BCUT2D eigenvalue weighted by Crippen LogP contribution is 2.36. The smallest absolute Gasteiger partial charge is 0.142 e. The molecule has 0 radical (unpaired) electrons. The van der Waals surface area contributed by atoms with Crippen LogP contribution < -0.4 is 5.73 Å². The van der Waals surface area contributed by atoms with Gasteiger partial charge >= 0.3 is 0 Å². The lowest BCUT2D eigenvalue weighted by Crippen LogP contribution is -2.12. The zero-order chi connectivity index (χ0) is 13.3. The van der Waals surface area contributed by atoms with Crippen molar-refractivity contribution in [1.29, 1.82) is 0 Å². The molecule has 1 aromatic carbocycles. The van der Waals surface area contributed by atoms with Gasteiger partial charge in [-0.05, 0) is 56.0 Å². The Hall–Kier alpha value is 0.0600. The van der Waals surface area contributed by atoms with E-state index >= 15 is 0 Å². The van der Waals surface area contributed by atoms with Crippen LogP contribution in [0.3, 0.4) is 0 Å². The Morgan fingerprint density at radius 3 is 2.72 bits per heavy atom. The van der Waals surface area contributed by atoms with Crippen LogP contribution in [0.4, 0.5) is 4.39 Å². The molecule has 6 heteroatoms. The van der Waals surface area contributed by atoms with E-state index in [1.54, 1.807) is 23.5 Å². The topological polar surface area (TPSA) is 26.0 Å². The van der Waals surface area contributed by atoms with Crippen LogP contribution in [0.25, 0.3) is 0 Å². The zero-order valence-electron chi connectivity index (χ0n) is 9.09. The largest absolute Gasteiger partial charge is 0.323 e. The third-order valence-corrected chi connectivity index (χ3v) is 6.31. The SMILES string of the molecule is NC(Cc1cccc(F)c1Cl)c1cc(Br)c(Br)s1. The Morgan fingerprint density at radius 1 is 1.39 bits per heavy atom. The van der Waals surface area contributed by atoms with Crippen molar-refractivity contribution < 1.29 is 4.39 Å². The molecule has 1 heterocycles. The van der Waals surface area contributed by atoms with E-state index in [9.17, 15) is 4.39 Å². The lowest BCUT2D eigenvalue weighted by molar-refractivity contribution is 0.623. The lowest BCUT2D eigenvalue weighted by atomic mass is 10.1. The maximum absolute atomic E-state index is 13.3. The summed E-state index contributed by atoms with van der Waals surface area (Å²) in [5.74, 6) is -0.407. The second-order valence-electron chi connectivity index (χ2n) is 3.79. The minimum absolute atomic E-state index is 0.155. The molecule has 2 rings (SSSR count). The third-order valence-electron chi connectivity index (χ3n) is 2.50. The van der Waals surface area contributed by atoms with Gasteiger partial charge in [0, 0.05) is 15.4 Å². The molecule has 0 saturated heterocycles. The molecule has 2 aromatic rings. The van der Waals surface area contributed by atoms with E-state index in [4.69, 9.17) is 17.3 Å². The normalized spacial score (nSPS) is 12.7. The highest BCUT2D eigenvalue weighted by molar-refractivity contribution is 9.13. The molecular weight excluding hydrogens is 404 g/mol. The third kappa shape index (κ3) is 3.14. The summed E-state index contributed by atoms with van der Waals surface area (Å²) in [5.41, 5.74) is 6.84. The van der Waals surface area contributed by atoms with Gasteiger partial charge in [-0.1, -0.05) is 23.7 Å². The molecule has 0 bridgehead atoms. The minimum atomic E-state index is -0.407. The molecule has 0 aliphatic heterocycles. The second-order valence-corrected chi connectivity index (χ2v) is 7.43. The number of rotatable bonds is 3. The number of thiophene rings is 1. The van der Waals surface area contributed by atoms with Crippen LogP contribution in [0.2, 0.25) is 5.02 Å². The Morgan fingerprint density at radius 2 is 2.11 bits per heavy atom. The van der Waals surface area contributed by atoms with Crippen molar-refractivity contribution in [2.75, 3.05) is 0 Å². The summed E-state index contributed by atoms with van der Waals surface area (Å²) >= 11 is 14.3. The summed E-state index contributed by atoms with van der Waals surface area (Å²) in [4.78, 5) is 1.02. The summed E-state index contributed by atoms with van der Waals surface area (Å²) in [5, 5.41) is 0.155. The molecule has 0 aliphatic rings. The quantitative estimate of drug-likeness (QED) is 0.725. The molecule has 2 N–H and O–H groups in total. The number of benzene rings is 1. The maximum atomic E-state index is 13.3. The van der Waals surface area contributed by atoms with Crippen molar-refractivity contribution in [3.05, 3.63) is 53.8 Å². The van der Waals surface area contributed by atoms with Gasteiger partial charge < -0.3 is 5.73 Å². The average Bonchev–Trinajstić information content (AvgIpc) is 2.66. The maximum Gasteiger partial charge on any atom is 0.142 e. The van der Waals surface area contributed by atoms with Crippen molar-refractivity contribution in [3.8, 4) is 0 Å². The van der Waals surface area contributed by atoms with E-state index < -0.39 is 5.82 Å². The van der Waals surface area contributed by atoms with Crippen molar-refractivity contribution >= 4 is 54.8 Å². The average molecular weight is 414 g/mol. The number of hydrogen-bond donors (Lipinski definition) is 1. The molecule has 0 amide bonds. The Balaban J connectivity index is 2.21. The van der Waals surface area contributed by atoms with E-state index in [-0.39, 0.29) is 11.1 Å². The van der Waals surface area contributed by atoms with E-state index in [0.717, 1.165) is 18.7 Å². The van der Waals surface area contributed by atoms with Crippen LogP contribution in [0.5, 0.6) is 0 Å². The van der Waals surface area contributed by atoms with Gasteiger partial charge in [0.15, 0.2) is 0 Å². The van der Waals surface area contributed by atoms with Crippen molar-refractivity contribution in [1.82, 2.24) is 0 Å². The van der Waals surface area contributed by atoms with Crippen molar-refractivity contribution in [2.45, 2.75) is 12.5 Å². The first kappa shape index (κ1) is 14.5. The highest BCUT2D eigenvalue weighted by Gasteiger charge is 2.15. The number of hydrogen-bond acceptors (Lipinski definition) is 2. The summed E-state index contributed by atoms with van der Waals surface area (Å²) in [6.45, 7) is 0. The molecule has 18 heavy (non-hydrogen) atoms. The van der Waals surface area contributed by atoms with Gasteiger partial charge in [-0.15, -0.1) is 11.3 Å². The molecule has 1 aromatic heterocycles. The van der Waals surface area contributed by atoms with Crippen LogP contribution in [-0.2, 0) is 6.42 Å². The molecule has 0 saturated carbocycles. The molecule has 1 nitrogen and oxygen atoms in total. The van der Waals surface area contributed by atoms with E-state index in [2.05, 4.69) is 31.9 Å². The fraction of sp³-hybridized carbons (Fsp3) is 0.167. The minimum Gasteiger partial charge on any atom is -0.323 e. The van der Waals surface area contributed by atoms with Crippen LogP contribution in [0, 0.1) is 5.82 Å². The predicted octanol–water partition coefficient (Wildman–Crippen LogP) is 5.31. The zero-order valence-corrected chi connectivity index (χ0v) is 13.8. The first-order valence-corrected chi connectivity index (χ1v) is 7.90. The van der Waals surface area contributed by atoms with Gasteiger partial charge in [0.05, 0.1) is 8.81 Å². The van der Waals surface area contributed by atoms with Gasteiger partial charge in [-0.3, -0.25) is 0 Å². The second kappa shape index (κ2) is 6.01. The molecule has 0 spiro atoms. The van der Waals surface area contributed by atoms with Gasteiger partial charge in [-0.25, -0.2) is 4.39 Å². The van der Waals surface area contributed by atoms with Crippen LogP contribution >= 0.6 is 54.8 Å². The Labute approximate surface area is 130 Å². The standard InChI is InChI=1S/C12H9Br2ClFNS/c13-7-5-10(18-12(7)14)9(17)4-6-2-1-3-8(16)11(6)15/h1-3,5,9H,4,17H2. The molecule has 1 atom stereocenters. The summed E-state index contributed by atoms with van der Waals surface area (Å²) in [6.07, 6.45) is 0.510. The van der Waals surface area contributed by atoms with Gasteiger partial charge in [-0.2, -0.15) is 0 Å². The van der Waals surface area contributed by atoms with Gasteiger partial charge in [0.1, 0.15) is 5.82 Å². The lowest BCUT2D eigenvalue weighted by Gasteiger charge is -2.11. The predicted molar refractivity (Wildman–Crippen MR) is 81.8 cm³/mol. The molecule has 0 aliphatic carbocycles. The molecular formula is C12H9Br2ClFNS. The summed E-state index contributed by atoms with van der Waals surface area (Å²) in [6, 6.07) is 6.55. The van der Waals surface area contributed by atoms with Crippen molar-refractivity contribution in [2.24, 2.45) is 5.73 Å². The monoisotopic (exact) mass is 411 g/mol. The first-order valence-electron chi connectivity index (χ1n) is 5.12. The Kier molecular flexibility index (Phi) is 4.83. The van der Waals surface area contributed by atoms with Crippen LogP contribution in [0.1, 0.15) is 16.5 Å². The van der Waals surface area contributed by atoms with Gasteiger partial charge in [0.2, 0.25) is 0 Å². The fourth-order valence-electron chi connectivity index (χ4n) is 1.59. The number of nitrogens with two attached hydrogens (primary N) is 1. The van der Waals surface area contributed by atoms with E-state index in [1.807, 2.05) is 6.07 Å². The van der Waals surface area contributed by atoms with E-state index in [0.29, 0.717) is 6.42 Å².